The molecule has 0 aliphatic rings. The standard InChI is InChI=1S/C16H11F3N2O/c1-20-9-10-2-7-14-13(8-10)21-15(22-14)11-3-5-12(6-4-11)16(17,18)19/h2-9H,1H3. The fourth-order valence-corrected chi connectivity index (χ4v) is 2.10. The molecule has 2 aromatic carbocycles. The number of oxazole rings is 1. The third-order valence-electron chi connectivity index (χ3n) is 3.15. The van der Waals surface area contributed by atoms with E-state index in [2.05, 4.69) is 9.98 Å². The van der Waals surface area contributed by atoms with Crippen LogP contribution < -0.4 is 0 Å². The van der Waals surface area contributed by atoms with Crippen molar-refractivity contribution in [3.8, 4) is 11.5 Å². The van der Waals surface area contributed by atoms with E-state index in [1.807, 2.05) is 6.07 Å². The van der Waals surface area contributed by atoms with Gasteiger partial charge in [0.2, 0.25) is 5.89 Å². The molecule has 0 aliphatic heterocycles. The third kappa shape index (κ3) is 2.72. The first-order valence-electron chi connectivity index (χ1n) is 6.48. The molecule has 0 saturated carbocycles. The summed E-state index contributed by atoms with van der Waals surface area (Å²) in [4.78, 5) is 8.23. The number of fused-ring (bicyclic) bond motifs is 1. The molecule has 0 aliphatic carbocycles. The molecule has 3 nitrogen and oxygen atoms in total. The van der Waals surface area contributed by atoms with Crippen LogP contribution in [-0.4, -0.2) is 18.2 Å². The Labute approximate surface area is 124 Å². The van der Waals surface area contributed by atoms with E-state index in [9.17, 15) is 13.2 Å². The van der Waals surface area contributed by atoms with Gasteiger partial charge in [0, 0.05) is 18.8 Å². The summed E-state index contributed by atoms with van der Waals surface area (Å²) in [6.45, 7) is 0. The molecule has 1 aromatic heterocycles. The van der Waals surface area contributed by atoms with E-state index < -0.39 is 11.7 Å². The molecule has 1 heterocycles. The van der Waals surface area contributed by atoms with E-state index in [-0.39, 0.29) is 5.89 Å². The number of halogens is 3. The zero-order chi connectivity index (χ0) is 15.7. The number of aliphatic imine (C=N–C) groups is 1. The highest BCUT2D eigenvalue weighted by Crippen LogP contribution is 2.31. The summed E-state index contributed by atoms with van der Waals surface area (Å²) >= 11 is 0. The molecule has 3 rings (SSSR count). The second-order valence-corrected chi connectivity index (χ2v) is 4.71. The lowest BCUT2D eigenvalue weighted by Crippen LogP contribution is -2.03. The van der Waals surface area contributed by atoms with Gasteiger partial charge in [-0.3, -0.25) is 4.99 Å². The van der Waals surface area contributed by atoms with Crippen LogP contribution >= 0.6 is 0 Å². The molecule has 0 fully saturated rings. The predicted molar refractivity (Wildman–Crippen MR) is 78.0 cm³/mol. The third-order valence-corrected chi connectivity index (χ3v) is 3.15. The first-order valence-corrected chi connectivity index (χ1v) is 6.48. The molecule has 22 heavy (non-hydrogen) atoms. The molecule has 0 unspecified atom stereocenters. The number of rotatable bonds is 2. The Bertz CT molecular complexity index is 833. The van der Waals surface area contributed by atoms with E-state index in [4.69, 9.17) is 4.42 Å². The number of hydrogen-bond acceptors (Lipinski definition) is 3. The van der Waals surface area contributed by atoms with Gasteiger partial charge in [0.25, 0.3) is 0 Å². The van der Waals surface area contributed by atoms with E-state index in [0.717, 1.165) is 17.7 Å². The summed E-state index contributed by atoms with van der Waals surface area (Å²) in [5.74, 6) is 0.286. The maximum atomic E-state index is 12.6. The van der Waals surface area contributed by atoms with Crippen LogP contribution in [0, 0.1) is 0 Å². The molecule has 0 radical (unpaired) electrons. The lowest BCUT2D eigenvalue weighted by Gasteiger charge is -2.05. The van der Waals surface area contributed by atoms with Crippen molar-refractivity contribution >= 4 is 17.3 Å². The topological polar surface area (TPSA) is 38.4 Å². The highest BCUT2D eigenvalue weighted by Gasteiger charge is 2.30. The Balaban J connectivity index is 1.99. The van der Waals surface area contributed by atoms with Crippen LogP contribution in [0.25, 0.3) is 22.6 Å². The zero-order valence-corrected chi connectivity index (χ0v) is 11.6. The second-order valence-electron chi connectivity index (χ2n) is 4.71. The van der Waals surface area contributed by atoms with Gasteiger partial charge >= 0.3 is 6.18 Å². The minimum Gasteiger partial charge on any atom is -0.436 e. The van der Waals surface area contributed by atoms with E-state index in [1.54, 1.807) is 25.4 Å². The van der Waals surface area contributed by atoms with Gasteiger partial charge in [-0.2, -0.15) is 13.2 Å². The van der Waals surface area contributed by atoms with Crippen molar-refractivity contribution in [2.75, 3.05) is 7.05 Å². The molecule has 0 N–H and O–H groups in total. The number of nitrogens with zero attached hydrogens (tertiary/aromatic N) is 2. The molecular formula is C16H11F3N2O. The van der Waals surface area contributed by atoms with Gasteiger partial charge in [-0.15, -0.1) is 0 Å². The largest absolute Gasteiger partial charge is 0.436 e. The highest BCUT2D eigenvalue weighted by molar-refractivity contribution is 5.87. The molecule has 0 saturated heterocycles. The fraction of sp³-hybridized carbons (Fsp3) is 0.125. The minimum absolute atomic E-state index is 0.286. The molecule has 112 valence electrons. The quantitative estimate of drug-likeness (QED) is 0.651. The normalized spacial score (nSPS) is 12.4. The van der Waals surface area contributed by atoms with Gasteiger partial charge in [0.05, 0.1) is 5.56 Å². The van der Waals surface area contributed by atoms with Crippen molar-refractivity contribution < 1.29 is 17.6 Å². The van der Waals surface area contributed by atoms with Crippen molar-refractivity contribution in [1.29, 1.82) is 0 Å². The van der Waals surface area contributed by atoms with E-state index >= 15 is 0 Å². The fourth-order valence-electron chi connectivity index (χ4n) is 2.10. The highest BCUT2D eigenvalue weighted by atomic mass is 19.4. The molecule has 0 amide bonds. The second kappa shape index (κ2) is 5.29. The van der Waals surface area contributed by atoms with Crippen LogP contribution in [0.2, 0.25) is 0 Å². The van der Waals surface area contributed by atoms with E-state index in [0.29, 0.717) is 16.7 Å². The van der Waals surface area contributed by atoms with Gasteiger partial charge in [0.15, 0.2) is 5.58 Å². The number of alkyl halides is 3. The van der Waals surface area contributed by atoms with Crippen molar-refractivity contribution in [2.24, 2.45) is 4.99 Å². The summed E-state index contributed by atoms with van der Waals surface area (Å²) in [6.07, 6.45) is -2.67. The Morgan fingerprint density at radius 2 is 1.82 bits per heavy atom. The first kappa shape index (κ1) is 14.3. The Morgan fingerprint density at radius 1 is 1.09 bits per heavy atom. The molecule has 0 spiro atoms. The monoisotopic (exact) mass is 304 g/mol. The van der Waals surface area contributed by atoms with Gasteiger partial charge < -0.3 is 4.42 Å². The predicted octanol–water partition coefficient (Wildman–Crippen LogP) is 4.56. The van der Waals surface area contributed by atoms with Crippen molar-refractivity contribution in [3.05, 3.63) is 53.6 Å². The van der Waals surface area contributed by atoms with Crippen LogP contribution in [0.15, 0.2) is 51.9 Å². The summed E-state index contributed by atoms with van der Waals surface area (Å²) in [6, 6.07) is 10.1. The lowest BCUT2D eigenvalue weighted by molar-refractivity contribution is -0.137. The summed E-state index contributed by atoms with van der Waals surface area (Å²) < 4.78 is 43.2. The van der Waals surface area contributed by atoms with E-state index in [1.165, 1.54) is 12.1 Å². The van der Waals surface area contributed by atoms with Crippen molar-refractivity contribution in [2.45, 2.75) is 6.18 Å². The van der Waals surface area contributed by atoms with Gasteiger partial charge in [-0.25, -0.2) is 4.98 Å². The van der Waals surface area contributed by atoms with Gasteiger partial charge in [-0.05, 0) is 48.0 Å². The molecule has 6 heteroatoms. The number of hydrogen-bond donors (Lipinski definition) is 0. The zero-order valence-electron chi connectivity index (χ0n) is 11.6. The van der Waals surface area contributed by atoms with Crippen LogP contribution in [0.1, 0.15) is 11.1 Å². The minimum atomic E-state index is -4.35. The number of aromatic nitrogens is 1. The number of benzene rings is 2. The lowest BCUT2D eigenvalue weighted by atomic mass is 10.1. The van der Waals surface area contributed by atoms with Crippen LogP contribution in [0.3, 0.4) is 0 Å². The molecule has 0 atom stereocenters. The average Bonchev–Trinajstić information content (AvgIpc) is 2.90. The van der Waals surface area contributed by atoms with Gasteiger partial charge in [-0.1, -0.05) is 0 Å². The van der Waals surface area contributed by atoms with Gasteiger partial charge in [0.1, 0.15) is 5.52 Å². The smallest absolute Gasteiger partial charge is 0.416 e. The Hall–Kier alpha value is -2.63. The Morgan fingerprint density at radius 3 is 2.45 bits per heavy atom. The van der Waals surface area contributed by atoms with Crippen molar-refractivity contribution in [3.63, 3.8) is 0 Å². The summed E-state index contributed by atoms with van der Waals surface area (Å²) in [5.41, 5.74) is 1.88. The van der Waals surface area contributed by atoms with Crippen LogP contribution in [0.5, 0.6) is 0 Å². The summed E-state index contributed by atoms with van der Waals surface area (Å²) in [7, 11) is 1.67. The summed E-state index contributed by atoms with van der Waals surface area (Å²) in [5, 5.41) is 0. The Kier molecular flexibility index (Phi) is 3.44. The SMILES string of the molecule is CN=Cc1ccc2oc(-c3ccc(C(F)(F)F)cc3)nc2c1. The maximum absolute atomic E-state index is 12.6. The van der Waals surface area contributed by atoms with Crippen LogP contribution in [0.4, 0.5) is 13.2 Å². The molecular weight excluding hydrogens is 293 g/mol. The van der Waals surface area contributed by atoms with Crippen molar-refractivity contribution in [1.82, 2.24) is 4.98 Å². The first-order chi connectivity index (χ1) is 10.5. The maximum Gasteiger partial charge on any atom is 0.416 e. The molecule has 3 aromatic rings. The molecule has 0 bridgehead atoms. The average molecular weight is 304 g/mol. The van der Waals surface area contributed by atoms with Crippen LogP contribution in [-0.2, 0) is 6.18 Å².